The third-order valence-electron chi connectivity index (χ3n) is 3.79. The van der Waals surface area contributed by atoms with Crippen molar-refractivity contribution in [2.75, 3.05) is 15.8 Å². The Labute approximate surface area is 130 Å². The van der Waals surface area contributed by atoms with Crippen molar-refractivity contribution in [3.8, 4) is 0 Å². The number of alkyl halides is 1. The van der Waals surface area contributed by atoms with Crippen molar-refractivity contribution in [3.63, 3.8) is 0 Å². The second-order valence-electron chi connectivity index (χ2n) is 5.52. The number of nitrogens with one attached hydrogen (secondary N) is 1. The number of sulfonamides is 1. The highest BCUT2D eigenvalue weighted by Crippen LogP contribution is 2.25. The van der Waals surface area contributed by atoms with Crippen molar-refractivity contribution in [2.45, 2.75) is 38.5 Å². The van der Waals surface area contributed by atoms with Crippen LogP contribution in [0.1, 0.15) is 37.7 Å². The SMILES string of the molecule is O=S(=O)(CC1CCCCC1)Nc1ccc(CCBr)cc1. The fourth-order valence-corrected chi connectivity index (χ4v) is 4.72. The van der Waals surface area contributed by atoms with Crippen LogP contribution in [0.4, 0.5) is 5.69 Å². The maximum absolute atomic E-state index is 12.2. The number of hydrogen-bond acceptors (Lipinski definition) is 2. The quantitative estimate of drug-likeness (QED) is 0.781. The fourth-order valence-electron chi connectivity index (χ4n) is 2.73. The third kappa shape index (κ3) is 5.09. The molecule has 1 saturated carbocycles. The standard InChI is InChI=1S/C15H22BrNO2S/c16-11-10-13-6-8-15(9-7-13)17-20(18,19)12-14-4-2-1-3-5-14/h6-9,14,17H,1-5,10-12H2. The van der Waals surface area contributed by atoms with Crippen LogP contribution in [0, 0.1) is 5.92 Å². The zero-order valence-corrected chi connectivity index (χ0v) is 14.0. The lowest BCUT2D eigenvalue weighted by atomic mass is 9.91. The summed E-state index contributed by atoms with van der Waals surface area (Å²) in [4.78, 5) is 0. The minimum Gasteiger partial charge on any atom is -0.284 e. The molecule has 1 aromatic rings. The van der Waals surface area contributed by atoms with E-state index in [-0.39, 0.29) is 5.75 Å². The molecular weight excluding hydrogens is 338 g/mol. The van der Waals surface area contributed by atoms with Crippen molar-refractivity contribution < 1.29 is 8.42 Å². The lowest BCUT2D eigenvalue weighted by Gasteiger charge is -2.21. The Morgan fingerprint density at radius 2 is 1.75 bits per heavy atom. The third-order valence-corrected chi connectivity index (χ3v) is 5.64. The topological polar surface area (TPSA) is 46.2 Å². The number of anilines is 1. The average Bonchev–Trinajstić information content (AvgIpc) is 2.41. The molecule has 0 aromatic heterocycles. The van der Waals surface area contributed by atoms with Crippen molar-refractivity contribution in [1.82, 2.24) is 0 Å². The zero-order valence-electron chi connectivity index (χ0n) is 11.6. The van der Waals surface area contributed by atoms with E-state index in [9.17, 15) is 8.42 Å². The highest BCUT2D eigenvalue weighted by molar-refractivity contribution is 9.09. The lowest BCUT2D eigenvalue weighted by Crippen LogP contribution is -2.24. The highest BCUT2D eigenvalue weighted by atomic mass is 79.9. The van der Waals surface area contributed by atoms with Crippen LogP contribution >= 0.6 is 15.9 Å². The van der Waals surface area contributed by atoms with Crippen molar-refractivity contribution in [1.29, 1.82) is 0 Å². The van der Waals surface area contributed by atoms with Crippen LogP contribution in [-0.4, -0.2) is 19.5 Å². The molecule has 1 aliphatic rings. The molecule has 1 N–H and O–H groups in total. The van der Waals surface area contributed by atoms with Gasteiger partial charge in [0.25, 0.3) is 0 Å². The molecule has 5 heteroatoms. The molecular formula is C15H22BrNO2S. The minimum absolute atomic E-state index is 0.260. The van der Waals surface area contributed by atoms with E-state index in [1.165, 1.54) is 24.8 Å². The van der Waals surface area contributed by atoms with Gasteiger partial charge in [-0.2, -0.15) is 0 Å². The molecule has 0 atom stereocenters. The zero-order chi connectivity index (χ0) is 14.4. The molecule has 1 aromatic carbocycles. The van der Waals surface area contributed by atoms with Crippen LogP contribution in [0.25, 0.3) is 0 Å². The maximum Gasteiger partial charge on any atom is 0.232 e. The first-order chi connectivity index (χ1) is 9.59. The van der Waals surface area contributed by atoms with Gasteiger partial charge in [0.2, 0.25) is 10.0 Å². The van der Waals surface area contributed by atoms with Crippen LogP contribution in [0.5, 0.6) is 0 Å². The number of aryl methyl sites for hydroxylation is 1. The monoisotopic (exact) mass is 359 g/mol. The Hall–Kier alpha value is -0.550. The minimum atomic E-state index is -3.22. The second kappa shape index (κ2) is 7.46. The van der Waals surface area contributed by atoms with Gasteiger partial charge in [-0.05, 0) is 42.9 Å². The van der Waals surface area contributed by atoms with Crippen LogP contribution in [0.15, 0.2) is 24.3 Å². The molecule has 0 spiro atoms. The predicted octanol–water partition coefficient (Wildman–Crippen LogP) is 3.95. The van der Waals surface area contributed by atoms with Gasteiger partial charge in [-0.15, -0.1) is 0 Å². The van der Waals surface area contributed by atoms with Gasteiger partial charge >= 0.3 is 0 Å². The summed E-state index contributed by atoms with van der Waals surface area (Å²) in [5.41, 5.74) is 1.87. The van der Waals surface area contributed by atoms with Crippen molar-refractivity contribution in [2.24, 2.45) is 5.92 Å². The van der Waals surface area contributed by atoms with Gasteiger partial charge in [-0.3, -0.25) is 4.72 Å². The van der Waals surface area contributed by atoms with Crippen LogP contribution in [0.3, 0.4) is 0 Å². The van der Waals surface area contributed by atoms with E-state index in [0.717, 1.165) is 24.6 Å². The Kier molecular flexibility index (Phi) is 5.90. The number of benzene rings is 1. The smallest absolute Gasteiger partial charge is 0.232 e. The first-order valence-electron chi connectivity index (χ1n) is 7.24. The van der Waals surface area contributed by atoms with Crippen LogP contribution < -0.4 is 4.72 Å². The summed E-state index contributed by atoms with van der Waals surface area (Å²) < 4.78 is 27.0. The predicted molar refractivity (Wildman–Crippen MR) is 87.9 cm³/mol. The molecule has 1 aliphatic carbocycles. The summed E-state index contributed by atoms with van der Waals surface area (Å²) in [5, 5.41) is 0.916. The van der Waals surface area contributed by atoms with Crippen molar-refractivity contribution >= 4 is 31.6 Å². The molecule has 3 nitrogen and oxygen atoms in total. The molecule has 0 heterocycles. The summed E-state index contributed by atoms with van der Waals surface area (Å²) in [7, 11) is -3.22. The molecule has 1 fully saturated rings. The molecule has 20 heavy (non-hydrogen) atoms. The van der Waals surface area contributed by atoms with Crippen LogP contribution in [-0.2, 0) is 16.4 Å². The van der Waals surface area contributed by atoms with Gasteiger partial charge in [-0.1, -0.05) is 47.3 Å². The van der Waals surface area contributed by atoms with E-state index in [1.54, 1.807) is 0 Å². The van der Waals surface area contributed by atoms with Gasteiger partial charge in [0, 0.05) is 11.0 Å². The van der Waals surface area contributed by atoms with E-state index in [2.05, 4.69) is 20.7 Å². The summed E-state index contributed by atoms with van der Waals surface area (Å²) >= 11 is 3.40. The summed E-state index contributed by atoms with van der Waals surface area (Å²) in [6.07, 6.45) is 6.63. The first kappa shape index (κ1) is 15.8. The average molecular weight is 360 g/mol. The van der Waals surface area contributed by atoms with E-state index in [1.807, 2.05) is 24.3 Å². The largest absolute Gasteiger partial charge is 0.284 e. The van der Waals surface area contributed by atoms with Crippen molar-refractivity contribution in [3.05, 3.63) is 29.8 Å². The van der Waals surface area contributed by atoms with Gasteiger partial charge in [0.1, 0.15) is 0 Å². The number of rotatable bonds is 6. The molecule has 0 radical (unpaired) electrons. The first-order valence-corrected chi connectivity index (χ1v) is 10.0. The van der Waals surface area contributed by atoms with Gasteiger partial charge < -0.3 is 0 Å². The fraction of sp³-hybridized carbons (Fsp3) is 0.600. The van der Waals surface area contributed by atoms with Crippen LogP contribution in [0.2, 0.25) is 0 Å². The summed E-state index contributed by atoms with van der Waals surface area (Å²) in [6.45, 7) is 0. The Balaban J connectivity index is 1.93. The lowest BCUT2D eigenvalue weighted by molar-refractivity contribution is 0.385. The van der Waals surface area contributed by atoms with E-state index >= 15 is 0 Å². The molecule has 0 saturated heterocycles. The molecule has 0 unspecified atom stereocenters. The van der Waals surface area contributed by atoms with E-state index < -0.39 is 10.0 Å². The molecule has 0 bridgehead atoms. The van der Waals surface area contributed by atoms with Gasteiger partial charge in [0.15, 0.2) is 0 Å². The maximum atomic E-state index is 12.2. The number of hydrogen-bond donors (Lipinski definition) is 1. The van der Waals surface area contributed by atoms with Gasteiger partial charge in [-0.25, -0.2) is 8.42 Å². The van der Waals surface area contributed by atoms with E-state index in [0.29, 0.717) is 11.6 Å². The second-order valence-corrected chi connectivity index (χ2v) is 8.08. The molecule has 112 valence electrons. The summed E-state index contributed by atoms with van der Waals surface area (Å²) in [6, 6.07) is 7.63. The molecule has 0 aliphatic heterocycles. The Morgan fingerprint density at radius 1 is 1.10 bits per heavy atom. The van der Waals surface area contributed by atoms with Gasteiger partial charge in [0.05, 0.1) is 5.75 Å². The highest BCUT2D eigenvalue weighted by Gasteiger charge is 2.21. The normalized spacial score (nSPS) is 17.1. The van der Waals surface area contributed by atoms with E-state index in [4.69, 9.17) is 0 Å². The number of halogens is 1. The molecule has 0 amide bonds. The Bertz CT molecular complexity index is 507. The Morgan fingerprint density at radius 3 is 2.35 bits per heavy atom. The molecule has 2 rings (SSSR count). The summed E-state index contributed by atoms with van der Waals surface area (Å²) in [5.74, 6) is 0.588.